The minimum atomic E-state index is -0.147. The predicted molar refractivity (Wildman–Crippen MR) is 100 cm³/mol. The van der Waals surface area contributed by atoms with E-state index in [1.165, 1.54) is 0 Å². The number of carbonyl (C=O) groups is 1. The lowest BCUT2D eigenvalue weighted by Crippen LogP contribution is -2.35. The summed E-state index contributed by atoms with van der Waals surface area (Å²) in [5, 5.41) is 0. The van der Waals surface area contributed by atoms with Gasteiger partial charge in [-0.15, -0.1) is 0 Å². The van der Waals surface area contributed by atoms with Crippen molar-refractivity contribution in [1.82, 2.24) is 19.8 Å². The monoisotopic (exact) mass is 350 g/mol. The van der Waals surface area contributed by atoms with E-state index in [1.807, 2.05) is 35.4 Å². The molecule has 5 nitrogen and oxygen atoms in total. The van der Waals surface area contributed by atoms with Crippen LogP contribution >= 0.6 is 0 Å². The number of rotatable bonds is 4. The summed E-state index contributed by atoms with van der Waals surface area (Å²) in [5.41, 5.74) is 2.13. The van der Waals surface area contributed by atoms with Crippen LogP contribution < -0.4 is 0 Å². The molecule has 0 aromatic carbocycles. The van der Waals surface area contributed by atoms with Crippen LogP contribution in [-0.2, 0) is 17.9 Å². The van der Waals surface area contributed by atoms with Crippen molar-refractivity contribution in [2.45, 2.75) is 38.8 Å². The quantitative estimate of drug-likeness (QED) is 0.851. The summed E-state index contributed by atoms with van der Waals surface area (Å²) in [6.07, 6.45) is 9.50. The number of hydrogen-bond acceptors (Lipinski definition) is 4. The Kier molecular flexibility index (Phi) is 4.98. The van der Waals surface area contributed by atoms with Crippen LogP contribution in [-0.4, -0.2) is 45.3 Å². The Bertz CT molecular complexity index is 736. The van der Waals surface area contributed by atoms with E-state index in [0.29, 0.717) is 12.5 Å². The maximum absolute atomic E-state index is 13.2. The maximum atomic E-state index is 13.2. The number of amides is 1. The molecule has 1 spiro atoms. The first kappa shape index (κ1) is 17.2. The van der Waals surface area contributed by atoms with E-state index in [1.54, 1.807) is 12.4 Å². The first-order valence-corrected chi connectivity index (χ1v) is 9.56. The summed E-state index contributed by atoms with van der Waals surface area (Å²) in [6, 6.07) is 10.1. The lowest BCUT2D eigenvalue weighted by molar-refractivity contribution is -0.137. The van der Waals surface area contributed by atoms with Gasteiger partial charge in [0.1, 0.15) is 0 Å². The SMILES string of the molecule is O=C1N(Cc2ccncc2)CC[C@]12CCCN(Cc1ccccn1)CC2. The molecule has 4 rings (SSSR count). The first-order chi connectivity index (χ1) is 12.8. The summed E-state index contributed by atoms with van der Waals surface area (Å²) < 4.78 is 0. The zero-order valence-corrected chi connectivity index (χ0v) is 15.2. The molecule has 2 fully saturated rings. The zero-order chi connectivity index (χ0) is 17.8. The van der Waals surface area contributed by atoms with Gasteiger partial charge in [0.15, 0.2) is 0 Å². The summed E-state index contributed by atoms with van der Waals surface area (Å²) in [6.45, 7) is 4.50. The number of pyridine rings is 2. The average Bonchev–Trinajstić information content (AvgIpc) is 2.85. The van der Waals surface area contributed by atoms with Crippen LogP contribution in [0.2, 0.25) is 0 Å². The van der Waals surface area contributed by atoms with Gasteiger partial charge in [0.2, 0.25) is 5.91 Å². The molecular weight excluding hydrogens is 324 g/mol. The smallest absolute Gasteiger partial charge is 0.229 e. The number of hydrogen-bond donors (Lipinski definition) is 0. The Labute approximate surface area is 155 Å². The number of nitrogens with zero attached hydrogens (tertiary/aromatic N) is 4. The number of aromatic nitrogens is 2. The standard InChI is InChI=1S/C21H26N4O/c26-20-21(9-15-25(20)16-18-5-11-22-12-6-18)7-3-13-24(14-8-21)17-19-4-1-2-10-23-19/h1-2,4-6,10-12H,3,7-9,13-17H2/t21-/m1/s1. The molecular formula is C21H26N4O. The molecule has 2 aromatic heterocycles. The molecule has 1 atom stereocenters. The molecule has 136 valence electrons. The van der Waals surface area contributed by atoms with Gasteiger partial charge in [0.05, 0.1) is 11.1 Å². The Hall–Kier alpha value is -2.27. The minimum absolute atomic E-state index is 0.147. The molecule has 2 aromatic rings. The van der Waals surface area contributed by atoms with E-state index >= 15 is 0 Å². The van der Waals surface area contributed by atoms with Gasteiger partial charge < -0.3 is 4.90 Å². The Morgan fingerprint density at radius 3 is 2.58 bits per heavy atom. The molecule has 4 heterocycles. The van der Waals surface area contributed by atoms with Gasteiger partial charge in [-0.2, -0.15) is 0 Å². The van der Waals surface area contributed by atoms with Crippen molar-refractivity contribution < 1.29 is 4.79 Å². The van der Waals surface area contributed by atoms with E-state index in [-0.39, 0.29) is 5.41 Å². The van der Waals surface area contributed by atoms with Crippen LogP contribution in [0.4, 0.5) is 0 Å². The van der Waals surface area contributed by atoms with Crippen LogP contribution in [0.5, 0.6) is 0 Å². The van der Waals surface area contributed by atoms with Crippen LogP contribution in [0.3, 0.4) is 0 Å². The molecule has 5 heteroatoms. The molecule has 0 N–H and O–H groups in total. The third kappa shape index (κ3) is 3.63. The highest BCUT2D eigenvalue weighted by molar-refractivity contribution is 5.84. The molecule has 0 aliphatic carbocycles. The van der Waals surface area contributed by atoms with Crippen molar-refractivity contribution in [2.24, 2.45) is 5.41 Å². The molecule has 26 heavy (non-hydrogen) atoms. The first-order valence-electron chi connectivity index (χ1n) is 9.56. The maximum Gasteiger partial charge on any atom is 0.229 e. The summed E-state index contributed by atoms with van der Waals surface area (Å²) in [4.78, 5) is 26.2. The molecule has 0 saturated carbocycles. The van der Waals surface area contributed by atoms with E-state index in [0.717, 1.165) is 63.1 Å². The van der Waals surface area contributed by atoms with Crippen molar-refractivity contribution >= 4 is 5.91 Å². The van der Waals surface area contributed by atoms with Crippen LogP contribution in [0.1, 0.15) is 36.9 Å². The molecule has 0 unspecified atom stereocenters. The molecule has 2 saturated heterocycles. The van der Waals surface area contributed by atoms with Crippen LogP contribution in [0.15, 0.2) is 48.9 Å². The second-order valence-corrected chi connectivity index (χ2v) is 7.56. The molecule has 2 aliphatic heterocycles. The van der Waals surface area contributed by atoms with Crippen molar-refractivity contribution in [1.29, 1.82) is 0 Å². The third-order valence-electron chi connectivity index (χ3n) is 5.87. The van der Waals surface area contributed by atoms with Gasteiger partial charge in [-0.05, 0) is 68.6 Å². The Balaban J connectivity index is 1.39. The van der Waals surface area contributed by atoms with E-state index in [4.69, 9.17) is 0 Å². The highest BCUT2D eigenvalue weighted by atomic mass is 16.2. The van der Waals surface area contributed by atoms with Gasteiger partial charge in [0, 0.05) is 38.2 Å². The summed E-state index contributed by atoms with van der Waals surface area (Å²) in [7, 11) is 0. The third-order valence-corrected chi connectivity index (χ3v) is 5.87. The Morgan fingerprint density at radius 2 is 1.77 bits per heavy atom. The predicted octanol–water partition coefficient (Wildman–Crippen LogP) is 2.88. The normalized spacial score (nSPS) is 24.2. The fourth-order valence-electron chi connectivity index (χ4n) is 4.35. The highest BCUT2D eigenvalue weighted by Crippen LogP contribution is 2.42. The van der Waals surface area contributed by atoms with Crippen molar-refractivity contribution in [2.75, 3.05) is 19.6 Å². The lowest BCUT2D eigenvalue weighted by atomic mass is 9.79. The second kappa shape index (κ2) is 7.54. The van der Waals surface area contributed by atoms with Gasteiger partial charge in [-0.3, -0.25) is 19.7 Å². The van der Waals surface area contributed by atoms with Gasteiger partial charge >= 0.3 is 0 Å². The van der Waals surface area contributed by atoms with E-state index < -0.39 is 0 Å². The number of likely N-dealkylation sites (tertiary alicyclic amines) is 2. The molecule has 1 amide bonds. The van der Waals surface area contributed by atoms with Gasteiger partial charge in [-0.1, -0.05) is 6.07 Å². The van der Waals surface area contributed by atoms with Crippen molar-refractivity contribution in [3.8, 4) is 0 Å². The van der Waals surface area contributed by atoms with Crippen LogP contribution in [0, 0.1) is 5.41 Å². The van der Waals surface area contributed by atoms with E-state index in [9.17, 15) is 4.79 Å². The second-order valence-electron chi connectivity index (χ2n) is 7.56. The van der Waals surface area contributed by atoms with Crippen molar-refractivity contribution in [3.63, 3.8) is 0 Å². The summed E-state index contributed by atoms with van der Waals surface area (Å²) in [5.74, 6) is 0.356. The highest BCUT2D eigenvalue weighted by Gasteiger charge is 2.46. The fraction of sp³-hybridized carbons (Fsp3) is 0.476. The molecule has 0 bridgehead atoms. The van der Waals surface area contributed by atoms with Gasteiger partial charge in [-0.25, -0.2) is 0 Å². The summed E-state index contributed by atoms with van der Waals surface area (Å²) >= 11 is 0. The van der Waals surface area contributed by atoms with Crippen molar-refractivity contribution in [3.05, 3.63) is 60.2 Å². The topological polar surface area (TPSA) is 49.3 Å². The van der Waals surface area contributed by atoms with Gasteiger partial charge in [0.25, 0.3) is 0 Å². The molecule has 2 aliphatic rings. The fourth-order valence-corrected chi connectivity index (χ4v) is 4.35. The average molecular weight is 350 g/mol. The minimum Gasteiger partial charge on any atom is -0.338 e. The zero-order valence-electron chi connectivity index (χ0n) is 15.2. The van der Waals surface area contributed by atoms with E-state index in [2.05, 4.69) is 20.9 Å². The molecule has 0 radical (unpaired) electrons. The van der Waals surface area contributed by atoms with Crippen LogP contribution in [0.25, 0.3) is 0 Å². The largest absolute Gasteiger partial charge is 0.338 e. The number of carbonyl (C=O) groups excluding carboxylic acids is 1. The lowest BCUT2D eigenvalue weighted by Gasteiger charge is -2.27. The Morgan fingerprint density at radius 1 is 0.923 bits per heavy atom.